The molecule has 0 saturated heterocycles. The van der Waals surface area contributed by atoms with Crippen molar-refractivity contribution in [3.8, 4) is 0 Å². The van der Waals surface area contributed by atoms with E-state index in [1.54, 1.807) is 0 Å². The monoisotopic (exact) mass is 1040 g/mol. The Kier molecular flexibility index (Phi) is 59.3. The van der Waals surface area contributed by atoms with Crippen molar-refractivity contribution in [2.24, 2.45) is 0 Å². The minimum atomic E-state index is -0.791. The molecule has 1 atom stereocenters. The summed E-state index contributed by atoms with van der Waals surface area (Å²) >= 11 is 0. The van der Waals surface area contributed by atoms with Crippen LogP contribution in [-0.4, -0.2) is 37.2 Å². The van der Waals surface area contributed by atoms with Crippen molar-refractivity contribution in [1.29, 1.82) is 0 Å². The van der Waals surface area contributed by atoms with E-state index in [9.17, 15) is 14.4 Å². The normalized spacial score (nSPS) is 12.8. The molecule has 0 aromatic rings. The van der Waals surface area contributed by atoms with Gasteiger partial charge in [-0.3, -0.25) is 14.4 Å². The van der Waals surface area contributed by atoms with Crippen LogP contribution in [0.15, 0.2) is 109 Å². The first kappa shape index (κ1) is 71.1. The highest BCUT2D eigenvalue weighted by molar-refractivity contribution is 5.71. The third-order valence-corrected chi connectivity index (χ3v) is 13.3. The lowest BCUT2D eigenvalue weighted by Gasteiger charge is -2.18. The predicted molar refractivity (Wildman–Crippen MR) is 325 cm³/mol. The topological polar surface area (TPSA) is 78.9 Å². The highest BCUT2D eigenvalue weighted by Gasteiger charge is 2.19. The van der Waals surface area contributed by atoms with Crippen molar-refractivity contribution < 1.29 is 28.6 Å². The number of esters is 3. The third-order valence-electron chi connectivity index (χ3n) is 13.3. The summed E-state index contributed by atoms with van der Waals surface area (Å²) in [6.45, 7) is 6.31. The first-order valence-electron chi connectivity index (χ1n) is 31.4. The Morgan fingerprint density at radius 2 is 0.520 bits per heavy atom. The molecule has 0 spiro atoms. The molecular formula is C69H116O6. The third kappa shape index (κ3) is 60.8. The molecule has 0 aromatic heterocycles. The molecule has 0 heterocycles. The predicted octanol–water partition coefficient (Wildman–Crippen LogP) is 21.4. The maximum absolute atomic E-state index is 12.8. The van der Waals surface area contributed by atoms with Gasteiger partial charge in [-0.1, -0.05) is 278 Å². The highest BCUT2D eigenvalue weighted by atomic mass is 16.6. The van der Waals surface area contributed by atoms with Crippen molar-refractivity contribution in [3.05, 3.63) is 109 Å². The van der Waals surface area contributed by atoms with Crippen LogP contribution in [0.25, 0.3) is 0 Å². The molecule has 75 heavy (non-hydrogen) atoms. The fraction of sp³-hybridized carbons (Fsp3) is 0.696. The van der Waals surface area contributed by atoms with Crippen molar-refractivity contribution in [2.75, 3.05) is 13.2 Å². The van der Waals surface area contributed by atoms with E-state index in [0.717, 1.165) is 128 Å². The Morgan fingerprint density at radius 3 is 0.827 bits per heavy atom. The summed E-state index contributed by atoms with van der Waals surface area (Å²) in [5.41, 5.74) is 0. The molecule has 0 rings (SSSR count). The van der Waals surface area contributed by atoms with Crippen LogP contribution in [-0.2, 0) is 28.6 Å². The second kappa shape index (κ2) is 62.6. The van der Waals surface area contributed by atoms with Crippen molar-refractivity contribution in [1.82, 2.24) is 0 Å². The van der Waals surface area contributed by atoms with Gasteiger partial charge in [-0.2, -0.15) is 0 Å². The van der Waals surface area contributed by atoms with Gasteiger partial charge in [-0.25, -0.2) is 0 Å². The number of rotatable bonds is 56. The first-order valence-corrected chi connectivity index (χ1v) is 31.4. The molecule has 6 nitrogen and oxygen atoms in total. The number of hydrogen-bond acceptors (Lipinski definition) is 6. The number of ether oxygens (including phenoxy) is 3. The molecule has 0 aliphatic rings. The van der Waals surface area contributed by atoms with Crippen LogP contribution < -0.4 is 0 Å². The molecule has 0 aliphatic carbocycles. The summed E-state index contributed by atoms with van der Waals surface area (Å²) in [4.78, 5) is 37.9. The number of carbonyl (C=O) groups excluding carboxylic acids is 3. The number of carbonyl (C=O) groups is 3. The van der Waals surface area contributed by atoms with E-state index in [4.69, 9.17) is 14.2 Å². The zero-order chi connectivity index (χ0) is 54.3. The summed E-state index contributed by atoms with van der Waals surface area (Å²) in [5.74, 6) is -0.931. The highest BCUT2D eigenvalue weighted by Crippen LogP contribution is 2.16. The Morgan fingerprint density at radius 1 is 0.280 bits per heavy atom. The molecule has 1 unspecified atom stereocenters. The van der Waals surface area contributed by atoms with Crippen molar-refractivity contribution >= 4 is 17.9 Å². The summed E-state index contributed by atoms with van der Waals surface area (Å²) in [6.07, 6.45) is 85.9. The second-order valence-electron chi connectivity index (χ2n) is 20.6. The van der Waals surface area contributed by atoms with Gasteiger partial charge in [-0.05, 0) is 103 Å². The Bertz CT molecular complexity index is 1520. The zero-order valence-corrected chi connectivity index (χ0v) is 49.0. The minimum absolute atomic E-state index is 0.0896. The standard InChI is InChI=1S/C69H116O6/c1-4-7-10-13-15-17-19-21-23-25-27-28-29-30-31-32-33-34-35-36-37-38-39-40-42-43-45-47-49-51-53-56-59-62-68(71)74-65-66(64-73-67(70)61-58-55-12-9-6-3)75-69(72)63-60-57-54-52-50-48-46-44-41-26-24-22-20-18-16-14-11-8-5-2/h7-8,10-11,15-18,21-24,27-28,41,44,48,50,66H,4-6,9,12-14,19-20,25-26,29-40,42-43,45-47,49,51-65H2,1-3H3/b10-7-,11-8-,17-15-,18-16-,23-21-,24-22-,28-27-,44-41-,50-48-. The summed E-state index contributed by atoms with van der Waals surface area (Å²) in [5, 5.41) is 0. The maximum atomic E-state index is 12.8. The minimum Gasteiger partial charge on any atom is -0.462 e. The SMILES string of the molecule is CC/C=C\C/C=C\C/C=C\C/C=C\C/C=C\CCCCCC(=O)OC(COC(=O)CCCCCCC)COC(=O)CCCCCCCCCCCCCCCCCCCCCC/C=C\C/C=C\C/C=C\C/C=C\CC. The lowest BCUT2D eigenvalue weighted by molar-refractivity contribution is -0.167. The van der Waals surface area contributed by atoms with Crippen LogP contribution in [0.2, 0.25) is 0 Å². The van der Waals surface area contributed by atoms with Gasteiger partial charge >= 0.3 is 17.9 Å². The molecule has 0 aromatic carbocycles. The first-order chi connectivity index (χ1) is 37.0. The van der Waals surface area contributed by atoms with E-state index in [2.05, 4.69) is 130 Å². The van der Waals surface area contributed by atoms with Crippen LogP contribution >= 0.6 is 0 Å². The van der Waals surface area contributed by atoms with Crippen LogP contribution in [0.4, 0.5) is 0 Å². The fourth-order valence-electron chi connectivity index (χ4n) is 8.64. The Balaban J connectivity index is 3.99. The van der Waals surface area contributed by atoms with E-state index in [1.165, 1.54) is 122 Å². The Hall–Kier alpha value is -3.93. The molecule has 6 heteroatoms. The van der Waals surface area contributed by atoms with E-state index >= 15 is 0 Å². The van der Waals surface area contributed by atoms with Crippen LogP contribution in [0, 0.1) is 0 Å². The maximum Gasteiger partial charge on any atom is 0.306 e. The van der Waals surface area contributed by atoms with Gasteiger partial charge in [0.2, 0.25) is 0 Å². The van der Waals surface area contributed by atoms with Crippen LogP contribution in [0.1, 0.15) is 290 Å². The second-order valence-corrected chi connectivity index (χ2v) is 20.6. The van der Waals surface area contributed by atoms with E-state index < -0.39 is 6.10 Å². The van der Waals surface area contributed by atoms with Crippen molar-refractivity contribution in [2.45, 2.75) is 297 Å². The van der Waals surface area contributed by atoms with E-state index in [1.807, 2.05) is 0 Å². The molecule has 0 N–H and O–H groups in total. The van der Waals surface area contributed by atoms with Crippen LogP contribution in [0.3, 0.4) is 0 Å². The van der Waals surface area contributed by atoms with Crippen molar-refractivity contribution in [3.63, 3.8) is 0 Å². The average Bonchev–Trinajstić information content (AvgIpc) is 3.41. The average molecular weight is 1040 g/mol. The molecule has 0 amide bonds. The summed E-state index contributed by atoms with van der Waals surface area (Å²) in [7, 11) is 0. The molecule has 0 saturated carbocycles. The molecule has 0 radical (unpaired) electrons. The molecule has 0 fully saturated rings. The smallest absolute Gasteiger partial charge is 0.306 e. The molecule has 0 aliphatic heterocycles. The van der Waals surface area contributed by atoms with E-state index in [0.29, 0.717) is 12.8 Å². The fourth-order valence-corrected chi connectivity index (χ4v) is 8.64. The molecular weight excluding hydrogens is 925 g/mol. The summed E-state index contributed by atoms with van der Waals surface area (Å²) in [6, 6.07) is 0. The van der Waals surface area contributed by atoms with Gasteiger partial charge in [-0.15, -0.1) is 0 Å². The van der Waals surface area contributed by atoms with Crippen LogP contribution in [0.5, 0.6) is 0 Å². The van der Waals surface area contributed by atoms with Gasteiger partial charge in [0.05, 0.1) is 0 Å². The molecule has 428 valence electrons. The molecule has 0 bridgehead atoms. The van der Waals surface area contributed by atoms with Gasteiger partial charge in [0, 0.05) is 19.3 Å². The number of unbranched alkanes of at least 4 members (excludes halogenated alkanes) is 27. The van der Waals surface area contributed by atoms with E-state index in [-0.39, 0.29) is 37.5 Å². The summed E-state index contributed by atoms with van der Waals surface area (Å²) < 4.78 is 16.7. The van der Waals surface area contributed by atoms with Gasteiger partial charge < -0.3 is 14.2 Å². The zero-order valence-electron chi connectivity index (χ0n) is 49.0. The lowest BCUT2D eigenvalue weighted by Crippen LogP contribution is -2.30. The largest absolute Gasteiger partial charge is 0.462 e. The van der Waals surface area contributed by atoms with Gasteiger partial charge in [0.15, 0.2) is 6.10 Å². The quantitative estimate of drug-likeness (QED) is 0.0261. The number of hydrogen-bond donors (Lipinski definition) is 0. The lowest BCUT2D eigenvalue weighted by atomic mass is 10.0. The van der Waals surface area contributed by atoms with Gasteiger partial charge in [0.25, 0.3) is 0 Å². The number of allylic oxidation sites excluding steroid dienone is 18. The van der Waals surface area contributed by atoms with Gasteiger partial charge in [0.1, 0.15) is 13.2 Å². The Labute approximate surface area is 463 Å².